The summed E-state index contributed by atoms with van der Waals surface area (Å²) in [6.45, 7) is 3.39. The molecule has 2 fully saturated rings. The molecule has 0 aromatic heterocycles. The minimum atomic E-state index is -1.01. The van der Waals surface area contributed by atoms with Crippen molar-refractivity contribution in [2.75, 3.05) is 40.0 Å². The van der Waals surface area contributed by atoms with Crippen molar-refractivity contribution >= 4 is 17.8 Å². The highest BCUT2D eigenvalue weighted by Gasteiger charge is 2.48. The van der Waals surface area contributed by atoms with E-state index in [2.05, 4.69) is 5.32 Å². The molecule has 2 aliphatic rings. The van der Waals surface area contributed by atoms with Crippen LogP contribution in [0.3, 0.4) is 0 Å². The Hall–Kier alpha value is -2.61. The summed E-state index contributed by atoms with van der Waals surface area (Å²) in [6.07, 6.45) is 1.07. The van der Waals surface area contributed by atoms with E-state index in [1.807, 2.05) is 24.3 Å². The monoisotopic (exact) mass is 375 g/mol. The normalized spacial score (nSPS) is 22.7. The summed E-state index contributed by atoms with van der Waals surface area (Å²) in [5.74, 6) is 0.173. The van der Waals surface area contributed by atoms with Gasteiger partial charge in [-0.3, -0.25) is 14.5 Å². The number of methoxy groups -OCH3 is 1. The van der Waals surface area contributed by atoms with Gasteiger partial charge in [0.25, 0.3) is 5.91 Å². The minimum Gasteiger partial charge on any atom is -0.497 e. The van der Waals surface area contributed by atoms with Crippen molar-refractivity contribution in [2.45, 2.75) is 25.3 Å². The molecule has 146 valence electrons. The number of nitrogens with one attached hydrogen (secondary N) is 1. The van der Waals surface area contributed by atoms with Crippen LogP contribution in [0.15, 0.2) is 24.3 Å². The molecule has 8 nitrogen and oxygen atoms in total. The van der Waals surface area contributed by atoms with Crippen molar-refractivity contribution in [1.29, 1.82) is 0 Å². The number of urea groups is 1. The lowest BCUT2D eigenvalue weighted by atomic mass is 9.93. The Morgan fingerprint density at radius 3 is 2.52 bits per heavy atom. The molecule has 0 saturated carbocycles. The summed E-state index contributed by atoms with van der Waals surface area (Å²) < 4.78 is 10.4. The van der Waals surface area contributed by atoms with Crippen molar-refractivity contribution < 1.29 is 23.9 Å². The van der Waals surface area contributed by atoms with Crippen molar-refractivity contribution in [1.82, 2.24) is 15.1 Å². The van der Waals surface area contributed by atoms with E-state index < -0.39 is 11.6 Å². The molecule has 0 aliphatic carbocycles. The quantitative estimate of drug-likeness (QED) is 0.743. The topological polar surface area (TPSA) is 88.2 Å². The van der Waals surface area contributed by atoms with Crippen LogP contribution in [0.4, 0.5) is 4.79 Å². The Balaban J connectivity index is 1.60. The average molecular weight is 375 g/mol. The van der Waals surface area contributed by atoms with E-state index in [1.54, 1.807) is 18.9 Å². The molecule has 0 bridgehead atoms. The molecule has 2 aliphatic heterocycles. The molecule has 4 amide bonds. The number of amides is 4. The first-order valence-corrected chi connectivity index (χ1v) is 9.05. The average Bonchev–Trinajstić information content (AvgIpc) is 2.91. The lowest BCUT2D eigenvalue weighted by Crippen LogP contribution is -2.48. The van der Waals surface area contributed by atoms with Crippen LogP contribution in [0.25, 0.3) is 0 Å². The molecule has 1 aromatic carbocycles. The van der Waals surface area contributed by atoms with Crippen LogP contribution in [0, 0.1) is 0 Å². The third-order valence-electron chi connectivity index (χ3n) is 5.08. The standard InChI is InChI=1S/C19H25N3O5/c1-19(8-7-14-3-5-15(26-2)6-4-14)17(24)22(18(25)20-19)13-16(23)21-9-11-27-12-10-21/h3-6H,7-13H2,1-2H3,(H,20,25)/t19-/m1/s1. The Morgan fingerprint density at radius 2 is 1.89 bits per heavy atom. The second-order valence-corrected chi connectivity index (χ2v) is 6.99. The smallest absolute Gasteiger partial charge is 0.325 e. The summed E-state index contributed by atoms with van der Waals surface area (Å²) in [6, 6.07) is 7.07. The Kier molecular flexibility index (Phi) is 5.65. The molecule has 0 spiro atoms. The Labute approximate surface area is 158 Å². The van der Waals surface area contributed by atoms with Crippen LogP contribution >= 0.6 is 0 Å². The molecule has 0 radical (unpaired) electrons. The third-order valence-corrected chi connectivity index (χ3v) is 5.08. The van der Waals surface area contributed by atoms with Gasteiger partial charge in [0.05, 0.1) is 20.3 Å². The number of nitrogens with zero attached hydrogens (tertiary/aromatic N) is 2. The van der Waals surface area contributed by atoms with Gasteiger partial charge in [-0.15, -0.1) is 0 Å². The van der Waals surface area contributed by atoms with Gasteiger partial charge in [-0.25, -0.2) is 4.79 Å². The van der Waals surface area contributed by atoms with Crippen LogP contribution in [-0.2, 0) is 20.7 Å². The maximum Gasteiger partial charge on any atom is 0.325 e. The van der Waals surface area contributed by atoms with Crippen LogP contribution in [0.2, 0.25) is 0 Å². The predicted molar refractivity (Wildman–Crippen MR) is 97.4 cm³/mol. The fraction of sp³-hybridized carbons (Fsp3) is 0.526. The van der Waals surface area contributed by atoms with Crippen LogP contribution in [0.1, 0.15) is 18.9 Å². The summed E-state index contributed by atoms with van der Waals surface area (Å²) in [5, 5.41) is 2.75. The molecular formula is C19H25N3O5. The van der Waals surface area contributed by atoms with Gasteiger partial charge in [0.1, 0.15) is 17.8 Å². The highest BCUT2D eigenvalue weighted by Crippen LogP contribution is 2.24. The van der Waals surface area contributed by atoms with Gasteiger partial charge in [0, 0.05) is 13.1 Å². The highest BCUT2D eigenvalue weighted by atomic mass is 16.5. The zero-order chi connectivity index (χ0) is 19.4. The molecule has 2 heterocycles. The molecule has 1 aromatic rings. The van der Waals surface area contributed by atoms with E-state index >= 15 is 0 Å². The summed E-state index contributed by atoms with van der Waals surface area (Å²) in [5.41, 5.74) is 0.0318. The second kappa shape index (κ2) is 7.96. The zero-order valence-electron chi connectivity index (χ0n) is 15.7. The number of carbonyl (C=O) groups is 3. The number of benzene rings is 1. The van der Waals surface area contributed by atoms with Crippen LogP contribution < -0.4 is 10.1 Å². The number of aryl methyl sites for hydroxylation is 1. The van der Waals surface area contributed by atoms with E-state index in [0.29, 0.717) is 39.1 Å². The van der Waals surface area contributed by atoms with Crippen molar-refractivity contribution in [3.63, 3.8) is 0 Å². The number of morpholine rings is 1. The fourth-order valence-corrected chi connectivity index (χ4v) is 3.29. The van der Waals surface area contributed by atoms with Crippen molar-refractivity contribution in [2.24, 2.45) is 0 Å². The van der Waals surface area contributed by atoms with Crippen LogP contribution in [0.5, 0.6) is 5.75 Å². The largest absolute Gasteiger partial charge is 0.497 e. The van der Waals surface area contributed by atoms with E-state index in [9.17, 15) is 14.4 Å². The summed E-state index contributed by atoms with van der Waals surface area (Å²) in [4.78, 5) is 40.1. The number of hydrogen-bond acceptors (Lipinski definition) is 5. The molecule has 1 N–H and O–H groups in total. The van der Waals surface area contributed by atoms with Gasteiger partial charge < -0.3 is 19.7 Å². The molecule has 1 atom stereocenters. The van der Waals surface area contributed by atoms with Gasteiger partial charge in [-0.1, -0.05) is 12.1 Å². The number of carbonyl (C=O) groups excluding carboxylic acids is 3. The van der Waals surface area contributed by atoms with Crippen molar-refractivity contribution in [3.8, 4) is 5.75 Å². The first-order chi connectivity index (χ1) is 12.9. The SMILES string of the molecule is COc1ccc(CC[C@@]2(C)NC(=O)N(CC(=O)N3CCOCC3)C2=O)cc1. The second-order valence-electron chi connectivity index (χ2n) is 6.99. The Morgan fingerprint density at radius 1 is 1.22 bits per heavy atom. The molecular weight excluding hydrogens is 350 g/mol. The summed E-state index contributed by atoms with van der Waals surface area (Å²) in [7, 11) is 1.61. The number of ether oxygens (including phenoxy) is 2. The summed E-state index contributed by atoms with van der Waals surface area (Å²) >= 11 is 0. The third kappa shape index (κ3) is 4.21. The van der Waals surface area contributed by atoms with E-state index in [1.165, 1.54) is 0 Å². The number of hydrogen-bond donors (Lipinski definition) is 1. The number of imide groups is 1. The highest BCUT2D eigenvalue weighted by molar-refractivity contribution is 6.08. The van der Waals surface area contributed by atoms with Gasteiger partial charge in [0.2, 0.25) is 5.91 Å². The lowest BCUT2D eigenvalue weighted by Gasteiger charge is -2.28. The molecule has 0 unspecified atom stereocenters. The first-order valence-electron chi connectivity index (χ1n) is 9.05. The lowest BCUT2D eigenvalue weighted by molar-refractivity contribution is -0.141. The fourth-order valence-electron chi connectivity index (χ4n) is 3.29. The van der Waals surface area contributed by atoms with Crippen LogP contribution in [-0.4, -0.2) is 73.1 Å². The van der Waals surface area contributed by atoms with E-state index in [4.69, 9.17) is 9.47 Å². The maximum absolute atomic E-state index is 12.8. The van der Waals surface area contributed by atoms with Crippen molar-refractivity contribution in [3.05, 3.63) is 29.8 Å². The predicted octanol–water partition coefficient (Wildman–Crippen LogP) is 0.797. The first kappa shape index (κ1) is 19.2. The molecule has 8 heteroatoms. The molecule has 2 saturated heterocycles. The van der Waals surface area contributed by atoms with Gasteiger partial charge >= 0.3 is 6.03 Å². The molecule has 3 rings (SSSR count). The van der Waals surface area contributed by atoms with E-state index in [0.717, 1.165) is 16.2 Å². The van der Waals surface area contributed by atoms with Gasteiger partial charge in [0.15, 0.2) is 0 Å². The number of rotatable bonds is 6. The van der Waals surface area contributed by atoms with E-state index in [-0.39, 0.29) is 18.4 Å². The zero-order valence-corrected chi connectivity index (χ0v) is 15.7. The van der Waals surface area contributed by atoms with Gasteiger partial charge in [-0.2, -0.15) is 0 Å². The molecule has 27 heavy (non-hydrogen) atoms. The minimum absolute atomic E-state index is 0.233. The Bertz CT molecular complexity index is 715. The van der Waals surface area contributed by atoms with Gasteiger partial charge in [-0.05, 0) is 37.5 Å². The maximum atomic E-state index is 12.8.